The van der Waals surface area contributed by atoms with Gasteiger partial charge in [-0.15, -0.1) is 0 Å². The van der Waals surface area contributed by atoms with E-state index in [1.807, 2.05) is 0 Å². The SMILES string of the molecule is OP(O)(=S)OP(O)(=S)Nc1c(F)c(F)c(F)c(F)c1F. The summed E-state index contributed by atoms with van der Waals surface area (Å²) in [6.07, 6.45) is 0. The summed E-state index contributed by atoms with van der Waals surface area (Å²) in [5.74, 6) is -11.6. The molecule has 0 heterocycles. The number of benzene rings is 1. The number of rotatable bonds is 4. The van der Waals surface area contributed by atoms with Gasteiger partial charge >= 0.3 is 6.72 Å². The summed E-state index contributed by atoms with van der Waals surface area (Å²) in [7, 11) is 0. The van der Waals surface area contributed by atoms with Crippen molar-refractivity contribution in [1.82, 2.24) is 0 Å². The summed E-state index contributed by atoms with van der Waals surface area (Å²) in [5.41, 5.74) is -1.67. The molecule has 4 N–H and O–H groups in total. The molecule has 0 bridgehead atoms. The zero-order valence-electron chi connectivity index (χ0n) is 8.85. The fraction of sp³-hybridized carbons (Fsp3) is 0. The molecule has 0 radical (unpaired) electrons. The van der Waals surface area contributed by atoms with E-state index < -0.39 is 48.1 Å². The standard InChI is InChI=1S/C6H4F5NO4P2S2/c7-1-2(8)4(10)6(5(11)3(1)9)12-17(13,19)16-18(14,15)20/h(H2,12,13,19)(H2,14,15,20). The molecular formula is C6H4F5NO4P2S2. The third-order valence-electron chi connectivity index (χ3n) is 1.68. The van der Waals surface area contributed by atoms with Crippen molar-refractivity contribution in [3.63, 3.8) is 0 Å². The quantitative estimate of drug-likeness (QED) is 0.278. The average Bonchev–Trinajstić information content (AvgIpc) is 2.26. The fourth-order valence-electron chi connectivity index (χ4n) is 1.01. The summed E-state index contributed by atoms with van der Waals surface area (Å²) >= 11 is 8.17. The molecule has 0 aromatic heterocycles. The summed E-state index contributed by atoms with van der Waals surface area (Å²) in [6.45, 7) is -9.08. The van der Waals surface area contributed by atoms with Gasteiger partial charge < -0.3 is 19.8 Å². The maximum atomic E-state index is 13.2. The minimum atomic E-state index is -4.55. The number of halogens is 5. The molecule has 114 valence electrons. The average molecular weight is 375 g/mol. The van der Waals surface area contributed by atoms with Gasteiger partial charge in [0.05, 0.1) is 0 Å². The Morgan fingerprint density at radius 3 is 1.50 bits per heavy atom. The van der Waals surface area contributed by atoms with Crippen LogP contribution in [0.2, 0.25) is 0 Å². The molecule has 1 rings (SSSR count). The van der Waals surface area contributed by atoms with Crippen molar-refractivity contribution in [3.05, 3.63) is 29.1 Å². The zero-order valence-corrected chi connectivity index (χ0v) is 12.3. The molecule has 0 amide bonds. The Bertz CT molecular complexity index is 624. The monoisotopic (exact) mass is 375 g/mol. The maximum Gasteiger partial charge on any atom is 0.328 e. The van der Waals surface area contributed by atoms with E-state index in [0.29, 0.717) is 0 Å². The minimum absolute atomic E-state index is 1.32. The van der Waals surface area contributed by atoms with Crippen LogP contribution in [0, 0.1) is 29.1 Å². The predicted octanol–water partition coefficient (Wildman–Crippen LogP) is 2.24. The summed E-state index contributed by atoms with van der Waals surface area (Å²) < 4.78 is 68.9. The highest BCUT2D eigenvalue weighted by molar-refractivity contribution is 8.15. The molecule has 1 atom stereocenters. The lowest BCUT2D eigenvalue weighted by Crippen LogP contribution is -2.09. The molecule has 0 aliphatic rings. The van der Waals surface area contributed by atoms with E-state index in [0.717, 1.165) is 0 Å². The van der Waals surface area contributed by atoms with Gasteiger partial charge in [0.25, 0.3) is 6.64 Å². The van der Waals surface area contributed by atoms with Gasteiger partial charge in [0.2, 0.25) is 5.82 Å². The number of hydrogen-bond acceptors (Lipinski definition) is 3. The highest BCUT2D eigenvalue weighted by Gasteiger charge is 2.31. The van der Waals surface area contributed by atoms with Crippen LogP contribution in [0.1, 0.15) is 0 Å². The van der Waals surface area contributed by atoms with E-state index in [1.54, 1.807) is 0 Å². The Labute approximate surface area is 118 Å². The highest BCUT2D eigenvalue weighted by atomic mass is 32.5. The van der Waals surface area contributed by atoms with Gasteiger partial charge in [0, 0.05) is 0 Å². The van der Waals surface area contributed by atoms with Gasteiger partial charge in [-0.2, -0.15) is 0 Å². The molecule has 0 saturated carbocycles. The van der Waals surface area contributed by atoms with Crippen molar-refractivity contribution >= 4 is 42.7 Å². The van der Waals surface area contributed by atoms with Gasteiger partial charge in [0.15, 0.2) is 23.3 Å². The molecule has 14 heteroatoms. The van der Waals surface area contributed by atoms with E-state index >= 15 is 0 Å². The van der Waals surface area contributed by atoms with Crippen molar-refractivity contribution in [1.29, 1.82) is 0 Å². The van der Waals surface area contributed by atoms with Crippen LogP contribution in [0.4, 0.5) is 27.6 Å². The third kappa shape index (κ3) is 4.15. The van der Waals surface area contributed by atoms with Crippen LogP contribution in [0.3, 0.4) is 0 Å². The normalized spacial score (nSPS) is 15.0. The van der Waals surface area contributed by atoms with Crippen LogP contribution in [0.25, 0.3) is 0 Å². The Hall–Kier alpha value is -0.190. The smallest absolute Gasteiger partial charge is 0.328 e. The van der Waals surface area contributed by atoms with E-state index in [2.05, 4.69) is 27.9 Å². The van der Waals surface area contributed by atoms with Crippen molar-refractivity contribution in [2.24, 2.45) is 0 Å². The topological polar surface area (TPSA) is 82.0 Å². The van der Waals surface area contributed by atoms with Gasteiger partial charge in [-0.3, -0.25) is 0 Å². The largest absolute Gasteiger partial charge is 0.329 e. The maximum absolute atomic E-state index is 13.2. The molecule has 20 heavy (non-hydrogen) atoms. The second kappa shape index (κ2) is 5.90. The molecule has 0 spiro atoms. The van der Waals surface area contributed by atoms with E-state index in [4.69, 9.17) is 9.79 Å². The number of anilines is 1. The van der Waals surface area contributed by atoms with E-state index in [9.17, 15) is 26.8 Å². The molecule has 1 aromatic carbocycles. The second-order valence-electron chi connectivity index (χ2n) is 3.15. The zero-order chi connectivity index (χ0) is 15.9. The minimum Gasteiger partial charge on any atom is -0.329 e. The van der Waals surface area contributed by atoms with Crippen LogP contribution in [-0.2, 0) is 27.9 Å². The lowest BCUT2D eigenvalue weighted by molar-refractivity contribution is 0.363. The first-order valence-electron chi connectivity index (χ1n) is 4.25. The molecule has 5 nitrogen and oxygen atoms in total. The van der Waals surface area contributed by atoms with Gasteiger partial charge in [-0.1, -0.05) is 0 Å². The third-order valence-corrected chi connectivity index (χ3v) is 5.40. The molecule has 0 saturated heterocycles. The van der Waals surface area contributed by atoms with Gasteiger partial charge in [0.1, 0.15) is 5.69 Å². The second-order valence-corrected chi connectivity index (χ2v) is 8.96. The predicted molar refractivity (Wildman–Crippen MR) is 66.2 cm³/mol. The van der Waals surface area contributed by atoms with Crippen molar-refractivity contribution in [2.75, 3.05) is 5.09 Å². The first-order chi connectivity index (χ1) is 8.86. The Morgan fingerprint density at radius 2 is 1.15 bits per heavy atom. The van der Waals surface area contributed by atoms with Gasteiger partial charge in [-0.05, 0) is 23.6 Å². The first-order valence-corrected chi connectivity index (χ1v) is 9.55. The molecule has 0 aliphatic heterocycles. The lowest BCUT2D eigenvalue weighted by atomic mass is 10.2. The Balaban J connectivity index is 3.30. The van der Waals surface area contributed by atoms with E-state index in [-0.39, 0.29) is 0 Å². The summed E-state index contributed by atoms with van der Waals surface area (Å²) in [6, 6.07) is 0. The van der Waals surface area contributed by atoms with Gasteiger partial charge in [-0.25, -0.2) is 26.3 Å². The van der Waals surface area contributed by atoms with Crippen molar-refractivity contribution in [3.8, 4) is 0 Å². The first kappa shape index (κ1) is 17.9. The van der Waals surface area contributed by atoms with Crippen molar-refractivity contribution in [2.45, 2.75) is 0 Å². The molecule has 0 aliphatic carbocycles. The Kier molecular flexibility index (Phi) is 5.27. The van der Waals surface area contributed by atoms with Crippen LogP contribution < -0.4 is 5.09 Å². The fourth-order valence-corrected chi connectivity index (χ4v) is 5.16. The van der Waals surface area contributed by atoms with Crippen LogP contribution in [0.15, 0.2) is 0 Å². The highest BCUT2D eigenvalue weighted by Crippen LogP contribution is 2.57. The number of hydrogen-bond donors (Lipinski definition) is 4. The molecule has 1 unspecified atom stereocenters. The summed E-state index contributed by atoms with van der Waals surface area (Å²) in [4.78, 5) is 26.9. The van der Waals surface area contributed by atoms with Crippen LogP contribution in [-0.4, -0.2) is 14.7 Å². The van der Waals surface area contributed by atoms with E-state index in [1.165, 1.54) is 5.09 Å². The Morgan fingerprint density at radius 1 is 0.800 bits per heavy atom. The van der Waals surface area contributed by atoms with Crippen molar-refractivity contribution < 1.29 is 40.9 Å². The molecule has 0 fully saturated rings. The molecule has 1 aromatic rings. The molecular weight excluding hydrogens is 371 g/mol. The van der Waals surface area contributed by atoms with Crippen LogP contribution in [0.5, 0.6) is 0 Å². The van der Waals surface area contributed by atoms with Crippen LogP contribution >= 0.6 is 13.4 Å². The number of nitrogens with one attached hydrogen (secondary N) is 1. The lowest BCUT2D eigenvalue weighted by Gasteiger charge is -2.20. The summed E-state index contributed by atoms with van der Waals surface area (Å²) in [5, 5.41) is 1.32.